The highest BCUT2D eigenvalue weighted by atomic mass is 16.7. The van der Waals surface area contributed by atoms with Gasteiger partial charge in [0.2, 0.25) is 11.6 Å². The van der Waals surface area contributed by atoms with E-state index < -0.39 is 11.8 Å². The topological polar surface area (TPSA) is 99.4 Å². The molecule has 0 saturated heterocycles. The van der Waals surface area contributed by atoms with Crippen LogP contribution < -0.4 is 0 Å². The van der Waals surface area contributed by atoms with Crippen molar-refractivity contribution in [2.24, 2.45) is 0 Å². The summed E-state index contributed by atoms with van der Waals surface area (Å²) in [5.74, 6) is -0.533. The fourth-order valence-corrected chi connectivity index (χ4v) is 3.67. The fourth-order valence-electron chi connectivity index (χ4n) is 3.67. The molecule has 2 heterocycles. The average Bonchev–Trinajstić information content (AvgIpc) is 3.22. The van der Waals surface area contributed by atoms with E-state index in [9.17, 15) is 9.90 Å². The van der Waals surface area contributed by atoms with E-state index in [2.05, 4.69) is 11.9 Å². The Bertz CT molecular complexity index is 1030. The molecule has 8 nitrogen and oxygen atoms in total. The monoisotopic (exact) mass is 438 g/mol. The van der Waals surface area contributed by atoms with Crippen molar-refractivity contribution < 1.29 is 19.4 Å². The number of nitrogens with zero attached hydrogens (tertiary/aromatic N) is 4. The normalized spacial score (nSPS) is 11.6. The van der Waals surface area contributed by atoms with Crippen LogP contribution in [0.3, 0.4) is 0 Å². The van der Waals surface area contributed by atoms with Crippen molar-refractivity contribution in [3.05, 3.63) is 65.5 Å². The summed E-state index contributed by atoms with van der Waals surface area (Å²) in [5.41, 5.74) is 2.64. The number of carbonyl (C=O) groups is 1. The van der Waals surface area contributed by atoms with Gasteiger partial charge in [-0.3, -0.25) is 4.98 Å². The highest BCUT2D eigenvalue weighted by Crippen LogP contribution is 2.28. The molecule has 3 aromatic rings. The van der Waals surface area contributed by atoms with Crippen molar-refractivity contribution in [1.82, 2.24) is 19.7 Å². The van der Waals surface area contributed by atoms with Crippen LogP contribution in [0.15, 0.2) is 42.7 Å². The third kappa shape index (κ3) is 4.87. The molecule has 0 bridgehead atoms. The van der Waals surface area contributed by atoms with Crippen LogP contribution in [-0.4, -0.2) is 45.0 Å². The molecule has 0 aliphatic rings. The Morgan fingerprint density at radius 1 is 1.12 bits per heavy atom. The van der Waals surface area contributed by atoms with Crippen LogP contribution in [-0.2, 0) is 28.2 Å². The molecule has 32 heavy (non-hydrogen) atoms. The Kier molecular flexibility index (Phi) is 7.71. The quantitative estimate of drug-likeness (QED) is 0.446. The van der Waals surface area contributed by atoms with Gasteiger partial charge in [0.25, 0.3) is 0 Å². The molecule has 0 spiro atoms. The molecule has 0 aliphatic heterocycles. The lowest BCUT2D eigenvalue weighted by molar-refractivity contribution is -0.222. The zero-order chi connectivity index (χ0) is 23.1. The van der Waals surface area contributed by atoms with Gasteiger partial charge in [0.1, 0.15) is 5.82 Å². The number of carboxylic acids is 1. The summed E-state index contributed by atoms with van der Waals surface area (Å²) < 4.78 is 13.2. The summed E-state index contributed by atoms with van der Waals surface area (Å²) in [6.45, 7) is 4.66. The minimum atomic E-state index is -0.974. The van der Waals surface area contributed by atoms with Crippen LogP contribution in [0.1, 0.15) is 60.7 Å². The number of methoxy groups -OCH3 is 2. The first-order valence-corrected chi connectivity index (χ1v) is 10.8. The number of ether oxygens (including phenoxy) is 2. The number of rotatable bonds is 11. The van der Waals surface area contributed by atoms with Crippen LogP contribution in [0.25, 0.3) is 11.1 Å². The van der Waals surface area contributed by atoms with Gasteiger partial charge in [-0.15, -0.1) is 5.10 Å². The highest BCUT2D eigenvalue weighted by Gasteiger charge is 2.35. The molecule has 0 radical (unpaired) electrons. The molecular weight excluding hydrogens is 408 g/mol. The molecular formula is C24H30N4O4. The standard InChI is InChI=1S/C24H30N4O4/c1-5-7-8-21-26-23(24(6-2,31-3)32-4)27-28(21)16-17-9-11-18(12-10-17)20-15-25-14-13-19(20)22(29)30/h9-15H,5-8,16H2,1-4H3,(H,29,30). The van der Waals surface area contributed by atoms with Gasteiger partial charge in [-0.25, -0.2) is 14.5 Å². The van der Waals surface area contributed by atoms with Gasteiger partial charge in [-0.05, 0) is 23.6 Å². The van der Waals surface area contributed by atoms with Crippen molar-refractivity contribution in [2.75, 3.05) is 14.2 Å². The van der Waals surface area contributed by atoms with Gasteiger partial charge < -0.3 is 14.6 Å². The Morgan fingerprint density at radius 2 is 1.84 bits per heavy atom. The number of carboxylic acid groups (broad SMARTS) is 1. The molecule has 1 aromatic carbocycles. The number of aromatic carboxylic acids is 1. The number of unbranched alkanes of at least 4 members (excludes halogenated alkanes) is 1. The second-order valence-corrected chi connectivity index (χ2v) is 7.55. The molecule has 0 amide bonds. The molecule has 1 N–H and O–H groups in total. The summed E-state index contributed by atoms with van der Waals surface area (Å²) >= 11 is 0. The largest absolute Gasteiger partial charge is 0.478 e. The summed E-state index contributed by atoms with van der Waals surface area (Å²) in [6, 6.07) is 9.26. The lowest BCUT2D eigenvalue weighted by atomic mass is 10.0. The first-order chi connectivity index (χ1) is 15.5. The van der Waals surface area contributed by atoms with E-state index in [-0.39, 0.29) is 5.56 Å². The fraction of sp³-hybridized carbons (Fsp3) is 0.417. The molecule has 3 rings (SSSR count). The second kappa shape index (κ2) is 10.5. The number of hydrogen-bond acceptors (Lipinski definition) is 6. The maximum absolute atomic E-state index is 11.5. The molecule has 0 saturated carbocycles. The maximum Gasteiger partial charge on any atom is 0.336 e. The molecule has 8 heteroatoms. The number of hydrogen-bond donors (Lipinski definition) is 1. The van der Waals surface area contributed by atoms with Crippen molar-refractivity contribution in [1.29, 1.82) is 0 Å². The van der Waals surface area contributed by atoms with Crippen LogP contribution in [0, 0.1) is 0 Å². The Balaban J connectivity index is 1.90. The van der Waals surface area contributed by atoms with Crippen LogP contribution in [0.4, 0.5) is 0 Å². The Morgan fingerprint density at radius 3 is 2.44 bits per heavy atom. The molecule has 0 aliphatic carbocycles. The lowest BCUT2D eigenvalue weighted by Gasteiger charge is -2.26. The van der Waals surface area contributed by atoms with Crippen LogP contribution in [0.2, 0.25) is 0 Å². The number of benzene rings is 1. The van der Waals surface area contributed by atoms with Gasteiger partial charge >= 0.3 is 5.97 Å². The van der Waals surface area contributed by atoms with Gasteiger partial charge in [-0.1, -0.05) is 44.5 Å². The van der Waals surface area contributed by atoms with E-state index >= 15 is 0 Å². The third-order valence-corrected chi connectivity index (χ3v) is 5.62. The summed E-state index contributed by atoms with van der Waals surface area (Å²) in [5, 5.41) is 14.2. The smallest absolute Gasteiger partial charge is 0.336 e. The van der Waals surface area contributed by atoms with Crippen LogP contribution >= 0.6 is 0 Å². The predicted octanol–water partition coefficient (Wildman–Crippen LogP) is 4.28. The van der Waals surface area contributed by atoms with Crippen molar-refractivity contribution in [3.8, 4) is 11.1 Å². The Hall–Kier alpha value is -3.10. The highest BCUT2D eigenvalue weighted by molar-refractivity contribution is 5.95. The first-order valence-electron chi connectivity index (χ1n) is 10.8. The van der Waals surface area contributed by atoms with Crippen molar-refractivity contribution in [2.45, 2.75) is 51.9 Å². The third-order valence-electron chi connectivity index (χ3n) is 5.62. The minimum absolute atomic E-state index is 0.227. The van der Waals surface area contributed by atoms with Crippen molar-refractivity contribution >= 4 is 5.97 Å². The van der Waals surface area contributed by atoms with E-state index in [1.807, 2.05) is 35.9 Å². The van der Waals surface area contributed by atoms with Gasteiger partial charge in [0, 0.05) is 45.0 Å². The zero-order valence-corrected chi connectivity index (χ0v) is 19.0. The van der Waals surface area contributed by atoms with E-state index in [1.165, 1.54) is 12.3 Å². The van der Waals surface area contributed by atoms with E-state index in [0.29, 0.717) is 24.4 Å². The molecule has 0 unspecified atom stereocenters. The molecule has 170 valence electrons. The number of pyridine rings is 1. The zero-order valence-electron chi connectivity index (χ0n) is 19.0. The van der Waals surface area contributed by atoms with Gasteiger partial charge in [0.15, 0.2) is 0 Å². The van der Waals surface area contributed by atoms with Gasteiger partial charge in [0.05, 0.1) is 12.1 Å². The number of aromatic nitrogens is 4. The first kappa shape index (κ1) is 23.6. The predicted molar refractivity (Wildman–Crippen MR) is 120 cm³/mol. The summed E-state index contributed by atoms with van der Waals surface area (Å²) in [4.78, 5) is 20.3. The maximum atomic E-state index is 11.5. The lowest BCUT2D eigenvalue weighted by Crippen LogP contribution is -2.31. The number of aryl methyl sites for hydroxylation is 1. The minimum Gasteiger partial charge on any atom is -0.478 e. The van der Waals surface area contributed by atoms with E-state index in [4.69, 9.17) is 19.6 Å². The second-order valence-electron chi connectivity index (χ2n) is 7.55. The SMILES string of the molecule is CCCCc1nc(C(CC)(OC)OC)nn1Cc1ccc(-c2cnccc2C(=O)O)cc1. The summed E-state index contributed by atoms with van der Waals surface area (Å²) in [6.07, 6.45) is 6.52. The van der Waals surface area contributed by atoms with Crippen molar-refractivity contribution in [3.63, 3.8) is 0 Å². The molecule has 0 atom stereocenters. The average molecular weight is 439 g/mol. The molecule has 0 fully saturated rings. The molecule has 2 aromatic heterocycles. The Labute approximate surface area is 188 Å². The van der Waals surface area contributed by atoms with E-state index in [0.717, 1.165) is 36.2 Å². The van der Waals surface area contributed by atoms with Gasteiger partial charge in [-0.2, -0.15) is 0 Å². The van der Waals surface area contributed by atoms with Crippen LogP contribution in [0.5, 0.6) is 0 Å². The van der Waals surface area contributed by atoms with E-state index in [1.54, 1.807) is 20.4 Å². The summed E-state index contributed by atoms with van der Waals surface area (Å²) in [7, 11) is 3.20.